The third-order valence-corrected chi connectivity index (χ3v) is 4.08. The molecule has 2 aromatic rings. The number of aromatic nitrogens is 1. The van der Waals surface area contributed by atoms with Gasteiger partial charge in [-0.3, -0.25) is 4.98 Å². The standard InChI is InChI=1S/C16H15F2NO/c1-16(20,11-7-12(17)9-13(18)8-11)14-5-4-10-3-2-6-19-15(10)14/h2-3,6-9,14,20H,4-5H2,1H3. The van der Waals surface area contributed by atoms with Crippen LogP contribution in [-0.4, -0.2) is 10.1 Å². The first-order chi connectivity index (χ1) is 9.48. The number of aryl methyl sites for hydroxylation is 1. The predicted molar refractivity (Wildman–Crippen MR) is 71.2 cm³/mol. The molecule has 2 unspecified atom stereocenters. The molecule has 0 saturated carbocycles. The van der Waals surface area contributed by atoms with Gasteiger partial charge in [0, 0.05) is 23.9 Å². The Balaban J connectivity index is 2.05. The minimum Gasteiger partial charge on any atom is -0.385 e. The summed E-state index contributed by atoms with van der Waals surface area (Å²) >= 11 is 0. The number of nitrogens with zero attached hydrogens (tertiary/aromatic N) is 1. The number of fused-ring (bicyclic) bond motifs is 1. The molecular formula is C16H15F2NO. The normalized spacial score (nSPS) is 20.5. The lowest BCUT2D eigenvalue weighted by molar-refractivity contribution is 0.0250. The van der Waals surface area contributed by atoms with Crippen LogP contribution in [0.1, 0.15) is 36.1 Å². The van der Waals surface area contributed by atoms with E-state index in [9.17, 15) is 13.9 Å². The van der Waals surface area contributed by atoms with E-state index in [1.54, 1.807) is 13.1 Å². The molecule has 20 heavy (non-hydrogen) atoms. The Kier molecular flexibility index (Phi) is 3.05. The van der Waals surface area contributed by atoms with Crippen molar-refractivity contribution in [2.75, 3.05) is 0 Å². The fourth-order valence-corrected chi connectivity index (χ4v) is 3.01. The van der Waals surface area contributed by atoms with Crippen molar-refractivity contribution in [2.24, 2.45) is 0 Å². The number of pyridine rings is 1. The first-order valence-electron chi connectivity index (χ1n) is 6.61. The average molecular weight is 275 g/mol. The summed E-state index contributed by atoms with van der Waals surface area (Å²) in [6, 6.07) is 7.01. The monoisotopic (exact) mass is 275 g/mol. The second-order valence-corrected chi connectivity index (χ2v) is 5.44. The Morgan fingerprint density at radius 2 is 1.95 bits per heavy atom. The van der Waals surface area contributed by atoms with Crippen molar-refractivity contribution in [1.29, 1.82) is 0 Å². The highest BCUT2D eigenvalue weighted by atomic mass is 19.1. The molecule has 1 aliphatic carbocycles. The Hall–Kier alpha value is -1.81. The molecule has 0 aliphatic heterocycles. The van der Waals surface area contributed by atoms with E-state index in [2.05, 4.69) is 4.98 Å². The topological polar surface area (TPSA) is 33.1 Å². The minimum atomic E-state index is -1.34. The SMILES string of the molecule is CC(O)(c1cc(F)cc(F)c1)C1CCc2cccnc21. The van der Waals surface area contributed by atoms with E-state index in [4.69, 9.17) is 0 Å². The largest absolute Gasteiger partial charge is 0.385 e. The molecule has 1 heterocycles. The molecule has 1 N–H and O–H groups in total. The Bertz CT molecular complexity index is 634. The van der Waals surface area contributed by atoms with E-state index in [1.807, 2.05) is 12.1 Å². The van der Waals surface area contributed by atoms with Crippen LogP contribution in [0.2, 0.25) is 0 Å². The van der Waals surface area contributed by atoms with Crippen LogP contribution < -0.4 is 0 Å². The molecule has 0 fully saturated rings. The molecule has 1 aromatic carbocycles. The number of hydrogen-bond donors (Lipinski definition) is 1. The van der Waals surface area contributed by atoms with Gasteiger partial charge >= 0.3 is 0 Å². The molecule has 104 valence electrons. The van der Waals surface area contributed by atoms with Crippen LogP contribution in [0.15, 0.2) is 36.5 Å². The Labute approximate surface area is 116 Å². The summed E-state index contributed by atoms with van der Waals surface area (Å²) < 4.78 is 26.7. The van der Waals surface area contributed by atoms with Gasteiger partial charge in [-0.15, -0.1) is 0 Å². The second-order valence-electron chi connectivity index (χ2n) is 5.44. The van der Waals surface area contributed by atoms with E-state index in [0.717, 1.165) is 30.2 Å². The van der Waals surface area contributed by atoms with Gasteiger partial charge in [0.2, 0.25) is 0 Å². The molecule has 0 bridgehead atoms. The summed E-state index contributed by atoms with van der Waals surface area (Å²) in [5.41, 5.74) is 0.818. The maximum atomic E-state index is 13.4. The third kappa shape index (κ3) is 2.10. The summed E-state index contributed by atoms with van der Waals surface area (Å²) in [7, 11) is 0. The zero-order valence-electron chi connectivity index (χ0n) is 11.1. The van der Waals surface area contributed by atoms with Gasteiger partial charge in [0.25, 0.3) is 0 Å². The van der Waals surface area contributed by atoms with Crippen molar-refractivity contribution < 1.29 is 13.9 Å². The maximum absolute atomic E-state index is 13.4. The van der Waals surface area contributed by atoms with Gasteiger partial charge in [0.05, 0.1) is 5.60 Å². The molecule has 0 radical (unpaired) electrons. The van der Waals surface area contributed by atoms with Crippen LogP contribution in [-0.2, 0) is 12.0 Å². The molecule has 0 amide bonds. The van der Waals surface area contributed by atoms with Crippen LogP contribution in [0.3, 0.4) is 0 Å². The molecule has 2 nitrogen and oxygen atoms in total. The van der Waals surface area contributed by atoms with Crippen molar-refractivity contribution in [3.8, 4) is 0 Å². The van der Waals surface area contributed by atoms with Crippen molar-refractivity contribution in [2.45, 2.75) is 31.3 Å². The van der Waals surface area contributed by atoms with Gasteiger partial charge in [-0.2, -0.15) is 0 Å². The van der Waals surface area contributed by atoms with E-state index in [0.29, 0.717) is 0 Å². The number of aliphatic hydroxyl groups is 1. The summed E-state index contributed by atoms with van der Waals surface area (Å²) in [5, 5.41) is 10.8. The van der Waals surface area contributed by atoms with Gasteiger partial charge in [-0.1, -0.05) is 6.07 Å². The average Bonchev–Trinajstić information content (AvgIpc) is 2.82. The van der Waals surface area contributed by atoms with Gasteiger partial charge < -0.3 is 5.11 Å². The maximum Gasteiger partial charge on any atom is 0.126 e. The second kappa shape index (κ2) is 4.63. The van der Waals surface area contributed by atoms with E-state index in [1.165, 1.54) is 12.1 Å². The minimum absolute atomic E-state index is 0.249. The van der Waals surface area contributed by atoms with Crippen molar-refractivity contribution in [3.05, 3.63) is 65.0 Å². The summed E-state index contributed by atoms with van der Waals surface area (Å²) in [5.74, 6) is -1.61. The van der Waals surface area contributed by atoms with Crippen LogP contribution >= 0.6 is 0 Å². The van der Waals surface area contributed by atoms with E-state index < -0.39 is 17.2 Å². The van der Waals surface area contributed by atoms with E-state index in [-0.39, 0.29) is 11.5 Å². The Morgan fingerprint density at radius 3 is 2.65 bits per heavy atom. The number of rotatable bonds is 2. The smallest absolute Gasteiger partial charge is 0.126 e. The molecule has 1 aromatic heterocycles. The number of benzene rings is 1. The molecule has 4 heteroatoms. The highest BCUT2D eigenvalue weighted by Gasteiger charge is 2.40. The molecule has 0 saturated heterocycles. The lowest BCUT2D eigenvalue weighted by Crippen LogP contribution is -2.29. The van der Waals surface area contributed by atoms with Gasteiger partial charge in [0.1, 0.15) is 11.6 Å². The van der Waals surface area contributed by atoms with Crippen molar-refractivity contribution in [3.63, 3.8) is 0 Å². The molecular weight excluding hydrogens is 260 g/mol. The van der Waals surface area contributed by atoms with Crippen LogP contribution in [0.5, 0.6) is 0 Å². The van der Waals surface area contributed by atoms with Gasteiger partial charge in [0.15, 0.2) is 0 Å². The Morgan fingerprint density at radius 1 is 1.25 bits per heavy atom. The first-order valence-corrected chi connectivity index (χ1v) is 6.61. The zero-order valence-corrected chi connectivity index (χ0v) is 11.1. The van der Waals surface area contributed by atoms with Gasteiger partial charge in [-0.25, -0.2) is 8.78 Å². The van der Waals surface area contributed by atoms with Crippen LogP contribution in [0.25, 0.3) is 0 Å². The lowest BCUT2D eigenvalue weighted by Gasteiger charge is -2.30. The quantitative estimate of drug-likeness (QED) is 0.912. The van der Waals surface area contributed by atoms with Crippen molar-refractivity contribution in [1.82, 2.24) is 4.98 Å². The number of halogens is 2. The van der Waals surface area contributed by atoms with Crippen LogP contribution in [0, 0.1) is 11.6 Å². The van der Waals surface area contributed by atoms with Crippen molar-refractivity contribution >= 4 is 0 Å². The highest BCUT2D eigenvalue weighted by Crippen LogP contribution is 2.44. The highest BCUT2D eigenvalue weighted by molar-refractivity contribution is 5.35. The fraction of sp³-hybridized carbons (Fsp3) is 0.312. The fourth-order valence-electron chi connectivity index (χ4n) is 3.01. The predicted octanol–water partition coefficient (Wildman–Crippen LogP) is 3.30. The number of hydrogen-bond acceptors (Lipinski definition) is 2. The van der Waals surface area contributed by atoms with Gasteiger partial charge in [-0.05, 0) is 49.1 Å². The molecule has 2 atom stereocenters. The van der Waals surface area contributed by atoms with Crippen LogP contribution in [0.4, 0.5) is 8.78 Å². The van der Waals surface area contributed by atoms with E-state index >= 15 is 0 Å². The first kappa shape index (κ1) is 13.2. The molecule has 0 spiro atoms. The molecule has 3 rings (SSSR count). The lowest BCUT2D eigenvalue weighted by atomic mass is 9.81. The summed E-state index contributed by atoms with van der Waals surface area (Å²) in [6.45, 7) is 1.59. The third-order valence-electron chi connectivity index (χ3n) is 4.08. The molecule has 1 aliphatic rings. The summed E-state index contributed by atoms with van der Waals surface area (Å²) in [4.78, 5) is 4.33. The summed E-state index contributed by atoms with van der Waals surface area (Å²) in [6.07, 6.45) is 3.22. The zero-order chi connectivity index (χ0) is 14.3.